The number of hydrogen-bond donors (Lipinski definition) is 3. The van der Waals surface area contributed by atoms with Crippen LogP contribution in [0.2, 0.25) is 0 Å². The molecule has 4 N–H and O–H groups in total. The van der Waals surface area contributed by atoms with Gasteiger partial charge in [0, 0.05) is 6.54 Å². The average molecular weight is 222 g/mol. The van der Waals surface area contributed by atoms with Crippen molar-refractivity contribution in [2.24, 2.45) is 10.7 Å². The summed E-state index contributed by atoms with van der Waals surface area (Å²) in [6.07, 6.45) is 0.972. The lowest BCUT2D eigenvalue weighted by Gasteiger charge is -2.00. The third-order valence-electron chi connectivity index (χ3n) is 0.821. The lowest BCUT2D eigenvalue weighted by Crippen LogP contribution is -3.00. The van der Waals surface area contributed by atoms with Crippen molar-refractivity contribution < 1.29 is 17.0 Å². The largest absolute Gasteiger partial charge is 1.00 e. The molecule has 0 saturated carbocycles. The molecule has 0 aromatic heterocycles. The Bertz CT molecular complexity index is 144. The van der Waals surface area contributed by atoms with Crippen LogP contribution >= 0.6 is 0 Å². The summed E-state index contributed by atoms with van der Waals surface area (Å²) in [5, 5.41) is 9.58. The van der Waals surface area contributed by atoms with Gasteiger partial charge in [-0.1, -0.05) is 6.92 Å². The van der Waals surface area contributed by atoms with Crippen LogP contribution in [-0.2, 0) is 0 Å². The van der Waals surface area contributed by atoms with Gasteiger partial charge in [-0.25, -0.2) is 0 Å². The zero-order chi connectivity index (χ0) is 7.98. The Morgan fingerprint density at radius 2 is 2.18 bits per heavy atom. The van der Waals surface area contributed by atoms with Crippen molar-refractivity contribution in [3.8, 4) is 0 Å². The molecule has 11 heavy (non-hydrogen) atoms. The molecule has 0 aromatic rings. The van der Waals surface area contributed by atoms with Gasteiger partial charge in [-0.05, 0) is 13.3 Å². The van der Waals surface area contributed by atoms with E-state index in [1.54, 1.807) is 6.92 Å². The molecule has 0 saturated heterocycles. The maximum Gasteiger partial charge on any atom is 0.194 e. The molecule has 0 aliphatic rings. The van der Waals surface area contributed by atoms with Crippen LogP contribution in [0.25, 0.3) is 0 Å². The number of nitrogens with zero attached hydrogens (tertiary/aromatic N) is 1. The highest BCUT2D eigenvalue weighted by Gasteiger charge is 1.88. The van der Waals surface area contributed by atoms with Crippen LogP contribution in [0, 0.1) is 5.41 Å². The number of guanidine groups is 1. The van der Waals surface area contributed by atoms with Crippen LogP contribution in [0.1, 0.15) is 20.3 Å². The summed E-state index contributed by atoms with van der Waals surface area (Å²) < 4.78 is 0. The summed E-state index contributed by atoms with van der Waals surface area (Å²) in [7, 11) is 0. The van der Waals surface area contributed by atoms with Gasteiger partial charge in [-0.15, -0.1) is 0 Å². The van der Waals surface area contributed by atoms with Gasteiger partial charge in [-0.2, -0.15) is 0 Å². The van der Waals surface area contributed by atoms with Crippen LogP contribution in [0.4, 0.5) is 0 Å². The minimum absolute atomic E-state index is 0. The average Bonchev–Trinajstić information content (AvgIpc) is 1.82. The predicted molar refractivity (Wildman–Crippen MR) is 43.3 cm³/mol. The van der Waals surface area contributed by atoms with Gasteiger partial charge >= 0.3 is 0 Å². The Labute approximate surface area is 77.5 Å². The molecule has 66 valence electrons. The van der Waals surface area contributed by atoms with E-state index in [-0.39, 0.29) is 17.0 Å². The van der Waals surface area contributed by atoms with E-state index < -0.39 is 0 Å². The quantitative estimate of drug-likeness (QED) is 0.351. The van der Waals surface area contributed by atoms with Crippen LogP contribution in [0.3, 0.4) is 0 Å². The first-order valence-corrected chi connectivity index (χ1v) is 3.29. The van der Waals surface area contributed by atoms with E-state index in [4.69, 9.17) is 11.1 Å². The van der Waals surface area contributed by atoms with E-state index >= 15 is 0 Å². The molecule has 0 aliphatic carbocycles. The van der Waals surface area contributed by atoms with Gasteiger partial charge in [0.25, 0.3) is 0 Å². The van der Waals surface area contributed by atoms with Crippen molar-refractivity contribution in [3.05, 3.63) is 0 Å². The molecule has 0 amide bonds. The number of halogens is 1. The molecule has 0 unspecified atom stereocenters. The minimum Gasteiger partial charge on any atom is -1.00 e. The zero-order valence-corrected chi connectivity index (χ0v) is 8.40. The molecule has 0 aliphatic heterocycles. The van der Waals surface area contributed by atoms with Crippen LogP contribution in [-0.4, -0.2) is 18.3 Å². The number of amidine groups is 1. The van der Waals surface area contributed by atoms with Crippen molar-refractivity contribution in [3.63, 3.8) is 0 Å². The summed E-state index contributed by atoms with van der Waals surface area (Å²) in [6.45, 7) is 4.36. The first-order chi connectivity index (χ1) is 4.66. The van der Waals surface area contributed by atoms with E-state index in [0.29, 0.717) is 18.3 Å². The highest BCUT2D eigenvalue weighted by molar-refractivity contribution is 5.96. The van der Waals surface area contributed by atoms with Gasteiger partial charge in [0.15, 0.2) is 5.96 Å². The van der Waals surface area contributed by atoms with Gasteiger partial charge in [0.05, 0.1) is 5.84 Å². The van der Waals surface area contributed by atoms with E-state index in [0.717, 1.165) is 6.42 Å². The molecular formula is C6H14BrN4-. The van der Waals surface area contributed by atoms with Crippen molar-refractivity contribution in [2.45, 2.75) is 20.3 Å². The second-order valence-corrected chi connectivity index (χ2v) is 2.02. The first-order valence-electron chi connectivity index (χ1n) is 3.29. The highest BCUT2D eigenvalue weighted by Crippen LogP contribution is 1.75. The topological polar surface area (TPSA) is 74.3 Å². The molecular weight excluding hydrogens is 208 g/mol. The Balaban J connectivity index is 0. The lowest BCUT2D eigenvalue weighted by molar-refractivity contribution is -0.00000292. The molecule has 0 bridgehead atoms. The summed E-state index contributed by atoms with van der Waals surface area (Å²) >= 11 is 0. The van der Waals surface area contributed by atoms with Crippen molar-refractivity contribution in [1.82, 2.24) is 5.32 Å². The second kappa shape index (κ2) is 7.53. The zero-order valence-electron chi connectivity index (χ0n) is 6.82. The number of rotatable bonds is 2. The molecule has 0 rings (SSSR count). The molecule has 0 aromatic carbocycles. The maximum absolute atomic E-state index is 6.99. The summed E-state index contributed by atoms with van der Waals surface area (Å²) in [6, 6.07) is 0. The van der Waals surface area contributed by atoms with Gasteiger partial charge in [-0.3, -0.25) is 10.4 Å². The van der Waals surface area contributed by atoms with E-state index in [9.17, 15) is 0 Å². The number of aliphatic imine (C=N–C) groups is 1. The highest BCUT2D eigenvalue weighted by atomic mass is 79.9. The Morgan fingerprint density at radius 3 is 2.55 bits per heavy atom. The Kier molecular flexibility index (Phi) is 8.92. The van der Waals surface area contributed by atoms with Crippen molar-refractivity contribution in [2.75, 3.05) is 6.54 Å². The molecule has 0 radical (unpaired) electrons. The monoisotopic (exact) mass is 221 g/mol. The SMILES string of the molecule is CCCN=C(N)NC(C)=N.[Br-]. The lowest BCUT2D eigenvalue weighted by atomic mass is 10.5. The van der Waals surface area contributed by atoms with Crippen LogP contribution < -0.4 is 28.0 Å². The fourth-order valence-corrected chi connectivity index (χ4v) is 0.464. The molecule has 5 heteroatoms. The maximum atomic E-state index is 6.99. The summed E-state index contributed by atoms with van der Waals surface area (Å²) in [4.78, 5) is 3.93. The molecule has 4 nitrogen and oxygen atoms in total. The van der Waals surface area contributed by atoms with Crippen LogP contribution in [0.15, 0.2) is 4.99 Å². The number of nitrogens with one attached hydrogen (secondary N) is 2. The van der Waals surface area contributed by atoms with Crippen molar-refractivity contribution >= 4 is 11.8 Å². The smallest absolute Gasteiger partial charge is 0.194 e. The normalized spacial score (nSPS) is 10.2. The number of hydrogen-bond acceptors (Lipinski definition) is 2. The minimum atomic E-state index is 0. The van der Waals surface area contributed by atoms with E-state index in [1.165, 1.54) is 0 Å². The Morgan fingerprint density at radius 1 is 1.64 bits per heavy atom. The third-order valence-corrected chi connectivity index (χ3v) is 0.821. The first kappa shape index (κ1) is 13.0. The summed E-state index contributed by atoms with van der Waals surface area (Å²) in [5.74, 6) is 0.645. The fourth-order valence-electron chi connectivity index (χ4n) is 0.464. The van der Waals surface area contributed by atoms with Gasteiger partial charge in [0.2, 0.25) is 0 Å². The van der Waals surface area contributed by atoms with Crippen LogP contribution in [0.5, 0.6) is 0 Å². The van der Waals surface area contributed by atoms with Crippen molar-refractivity contribution in [1.29, 1.82) is 5.41 Å². The van der Waals surface area contributed by atoms with E-state index in [2.05, 4.69) is 10.3 Å². The molecule has 0 spiro atoms. The standard InChI is InChI=1S/C6H14N4.BrH/c1-3-4-9-6(8)10-5(2)7;/h3-4H2,1-2H3,(H4,7,8,9,10);1H/p-1. The van der Waals surface area contributed by atoms with E-state index in [1.807, 2.05) is 6.92 Å². The van der Waals surface area contributed by atoms with Gasteiger partial charge in [0.1, 0.15) is 0 Å². The molecule has 0 heterocycles. The molecule has 0 fully saturated rings. The third kappa shape index (κ3) is 9.42. The summed E-state index contributed by atoms with van der Waals surface area (Å²) in [5.41, 5.74) is 5.36. The predicted octanol–water partition coefficient (Wildman–Crippen LogP) is -2.70. The number of nitrogens with two attached hydrogens (primary N) is 1. The Hall–Kier alpha value is -0.580. The van der Waals surface area contributed by atoms with Gasteiger partial charge < -0.3 is 28.0 Å². The fraction of sp³-hybridized carbons (Fsp3) is 0.667. The second-order valence-electron chi connectivity index (χ2n) is 2.02. The molecule has 0 atom stereocenters.